The van der Waals surface area contributed by atoms with Crippen LogP contribution in [-0.2, 0) is 18.9 Å². The number of hydrogen-bond donors (Lipinski definition) is 3. The molecular weight excluding hydrogens is 428 g/mol. The van der Waals surface area contributed by atoms with Crippen LogP contribution in [0.25, 0.3) is 0 Å². The van der Waals surface area contributed by atoms with Crippen molar-refractivity contribution in [3.05, 3.63) is 70.2 Å². The fourth-order valence-corrected chi connectivity index (χ4v) is 4.11. The number of carbonyl (C=O) groups is 1. The van der Waals surface area contributed by atoms with Crippen molar-refractivity contribution < 1.29 is 39.1 Å². The lowest BCUT2D eigenvalue weighted by atomic mass is 9.85. The third-order valence-corrected chi connectivity index (χ3v) is 5.87. The molecule has 3 N–H and O–H groups in total. The van der Waals surface area contributed by atoms with Crippen LogP contribution in [0.15, 0.2) is 48.5 Å². The number of halogens is 1. The summed E-state index contributed by atoms with van der Waals surface area (Å²) in [5.74, 6) is -0.487. The molecule has 166 valence electrons. The number of benzene rings is 2. The van der Waals surface area contributed by atoms with Crippen LogP contribution in [0, 0.1) is 0 Å². The zero-order valence-electron chi connectivity index (χ0n) is 16.7. The second-order valence-electron chi connectivity index (χ2n) is 7.59. The Balaban J connectivity index is 1.63. The van der Waals surface area contributed by atoms with Gasteiger partial charge in [0, 0.05) is 10.6 Å². The summed E-state index contributed by atoms with van der Waals surface area (Å²) < 4.78 is 22.5. The maximum absolute atomic E-state index is 11.7. The van der Waals surface area contributed by atoms with E-state index in [1.54, 1.807) is 48.5 Å². The first-order valence-corrected chi connectivity index (χ1v) is 10.1. The van der Waals surface area contributed by atoms with Crippen molar-refractivity contribution in [2.24, 2.45) is 0 Å². The summed E-state index contributed by atoms with van der Waals surface area (Å²) in [7, 11) is 1.29. The Bertz CT molecular complexity index is 918. The normalized spacial score (nSPS) is 31.1. The highest BCUT2D eigenvalue weighted by atomic mass is 35.5. The molecule has 9 heteroatoms. The third kappa shape index (κ3) is 4.08. The van der Waals surface area contributed by atoms with Gasteiger partial charge in [0.15, 0.2) is 6.29 Å². The standard InChI is InChI=1S/C22H23ClO8/c1-28-20(26)13-4-2-12(3-5-13)18-22(27)11-29-21(14-6-8-15(23)9-7-14)31-19(22)17(30-18)16(25)10-24/h2-9,16-19,21,24-25,27H,10-11H2,1H3/t16?,17-,18?,19+,21?,22-/m1/s1. The molecule has 0 radical (unpaired) electrons. The van der Waals surface area contributed by atoms with E-state index in [4.69, 9.17) is 30.5 Å². The Kier molecular flexibility index (Phi) is 6.32. The summed E-state index contributed by atoms with van der Waals surface area (Å²) in [5, 5.41) is 31.9. The van der Waals surface area contributed by atoms with Gasteiger partial charge >= 0.3 is 5.97 Å². The van der Waals surface area contributed by atoms with E-state index in [2.05, 4.69) is 0 Å². The van der Waals surface area contributed by atoms with Gasteiger partial charge in [0.1, 0.15) is 30.0 Å². The van der Waals surface area contributed by atoms with E-state index in [0.29, 0.717) is 21.7 Å². The number of ether oxygens (including phenoxy) is 4. The van der Waals surface area contributed by atoms with Gasteiger partial charge in [0.05, 0.1) is 25.9 Å². The highest BCUT2D eigenvalue weighted by Gasteiger charge is 2.61. The van der Waals surface area contributed by atoms with E-state index in [-0.39, 0.29) is 6.61 Å². The maximum Gasteiger partial charge on any atom is 0.337 e. The number of fused-ring (bicyclic) bond motifs is 1. The van der Waals surface area contributed by atoms with Gasteiger partial charge in [-0.05, 0) is 29.8 Å². The Morgan fingerprint density at radius 2 is 1.81 bits per heavy atom. The molecule has 2 aromatic rings. The van der Waals surface area contributed by atoms with Gasteiger partial charge in [-0.3, -0.25) is 0 Å². The van der Waals surface area contributed by atoms with Gasteiger partial charge < -0.3 is 34.3 Å². The minimum absolute atomic E-state index is 0.136. The van der Waals surface area contributed by atoms with Crippen LogP contribution < -0.4 is 0 Å². The highest BCUT2D eigenvalue weighted by molar-refractivity contribution is 6.30. The Morgan fingerprint density at radius 1 is 1.16 bits per heavy atom. The fourth-order valence-electron chi connectivity index (χ4n) is 3.98. The number of carbonyl (C=O) groups excluding carboxylic acids is 1. The van der Waals surface area contributed by atoms with E-state index in [1.807, 2.05) is 0 Å². The molecule has 0 saturated carbocycles. The molecule has 0 spiro atoms. The molecule has 6 atom stereocenters. The van der Waals surface area contributed by atoms with Crippen LogP contribution in [0.2, 0.25) is 5.02 Å². The molecule has 0 aromatic heterocycles. The van der Waals surface area contributed by atoms with Gasteiger partial charge in [-0.25, -0.2) is 4.79 Å². The van der Waals surface area contributed by atoms with E-state index in [9.17, 15) is 20.1 Å². The molecule has 31 heavy (non-hydrogen) atoms. The maximum atomic E-state index is 11.7. The first-order chi connectivity index (χ1) is 14.9. The Morgan fingerprint density at radius 3 is 2.42 bits per heavy atom. The Hall–Kier alpha value is -2.04. The van der Waals surface area contributed by atoms with Crippen molar-refractivity contribution in [3.8, 4) is 0 Å². The summed E-state index contributed by atoms with van der Waals surface area (Å²) in [6.07, 6.45) is -4.98. The van der Waals surface area contributed by atoms with Crippen molar-refractivity contribution >= 4 is 17.6 Å². The van der Waals surface area contributed by atoms with E-state index < -0.39 is 48.9 Å². The quantitative estimate of drug-likeness (QED) is 0.590. The number of hydrogen-bond acceptors (Lipinski definition) is 8. The molecule has 2 saturated heterocycles. The molecule has 2 aliphatic rings. The van der Waals surface area contributed by atoms with Crippen LogP contribution in [-0.4, -0.2) is 65.5 Å². The molecule has 0 bridgehead atoms. The molecule has 2 fully saturated rings. The molecule has 3 unspecified atom stereocenters. The molecule has 2 aliphatic heterocycles. The average Bonchev–Trinajstić information content (AvgIpc) is 3.11. The lowest BCUT2D eigenvalue weighted by molar-refractivity contribution is -0.292. The molecule has 4 rings (SSSR count). The van der Waals surface area contributed by atoms with Gasteiger partial charge in [-0.1, -0.05) is 35.9 Å². The van der Waals surface area contributed by atoms with Crippen LogP contribution in [0.3, 0.4) is 0 Å². The van der Waals surface area contributed by atoms with Crippen molar-refractivity contribution in [2.45, 2.75) is 36.3 Å². The second-order valence-corrected chi connectivity index (χ2v) is 8.02. The van der Waals surface area contributed by atoms with E-state index in [1.165, 1.54) is 7.11 Å². The van der Waals surface area contributed by atoms with Crippen LogP contribution in [0.5, 0.6) is 0 Å². The highest BCUT2D eigenvalue weighted by Crippen LogP contribution is 2.49. The molecule has 8 nitrogen and oxygen atoms in total. The topological polar surface area (TPSA) is 115 Å². The summed E-state index contributed by atoms with van der Waals surface area (Å²) in [6.45, 7) is -0.704. The van der Waals surface area contributed by atoms with Gasteiger partial charge in [0.25, 0.3) is 0 Å². The van der Waals surface area contributed by atoms with Gasteiger partial charge in [-0.2, -0.15) is 0 Å². The van der Waals surface area contributed by atoms with Crippen molar-refractivity contribution in [3.63, 3.8) is 0 Å². The van der Waals surface area contributed by atoms with Crippen LogP contribution in [0.4, 0.5) is 0 Å². The monoisotopic (exact) mass is 450 g/mol. The van der Waals surface area contributed by atoms with Gasteiger partial charge in [0.2, 0.25) is 0 Å². The molecule has 2 heterocycles. The van der Waals surface area contributed by atoms with Gasteiger partial charge in [-0.15, -0.1) is 0 Å². The number of methoxy groups -OCH3 is 1. The lowest BCUT2D eigenvalue weighted by Gasteiger charge is -2.41. The summed E-state index contributed by atoms with van der Waals surface area (Å²) in [4.78, 5) is 11.7. The minimum Gasteiger partial charge on any atom is -0.465 e. The SMILES string of the molecule is COC(=O)c1ccc(C2O[C@H](C(O)CO)[C@@H]3OC(c4ccc(Cl)cc4)OC[C@@]23O)cc1. The smallest absolute Gasteiger partial charge is 0.337 e. The predicted molar refractivity (Wildman–Crippen MR) is 108 cm³/mol. The minimum atomic E-state index is -1.63. The van der Waals surface area contributed by atoms with Crippen LogP contribution in [0.1, 0.15) is 33.9 Å². The first kappa shape index (κ1) is 22.2. The molecule has 2 aromatic carbocycles. The predicted octanol–water partition coefficient (Wildman–Crippen LogP) is 1.76. The first-order valence-electron chi connectivity index (χ1n) is 9.75. The number of aliphatic hydroxyl groups excluding tert-OH is 2. The third-order valence-electron chi connectivity index (χ3n) is 5.62. The number of aliphatic hydroxyl groups is 3. The average molecular weight is 451 g/mol. The fraction of sp³-hybridized carbons (Fsp3) is 0.409. The largest absolute Gasteiger partial charge is 0.465 e. The zero-order valence-corrected chi connectivity index (χ0v) is 17.4. The zero-order chi connectivity index (χ0) is 22.2. The Labute approximate surface area is 183 Å². The van der Waals surface area contributed by atoms with E-state index in [0.717, 1.165) is 0 Å². The molecule has 0 amide bonds. The summed E-state index contributed by atoms with van der Waals surface area (Å²) in [5.41, 5.74) is -0.0329. The van der Waals surface area contributed by atoms with Crippen LogP contribution >= 0.6 is 11.6 Å². The molecular formula is C22H23ClO8. The lowest BCUT2D eigenvalue weighted by Crippen LogP contribution is -2.56. The number of esters is 1. The summed E-state index contributed by atoms with van der Waals surface area (Å²) in [6, 6.07) is 13.2. The molecule has 0 aliphatic carbocycles. The summed E-state index contributed by atoms with van der Waals surface area (Å²) >= 11 is 5.94. The van der Waals surface area contributed by atoms with Crippen molar-refractivity contribution in [1.82, 2.24) is 0 Å². The van der Waals surface area contributed by atoms with E-state index >= 15 is 0 Å². The van der Waals surface area contributed by atoms with Crippen molar-refractivity contribution in [2.75, 3.05) is 20.3 Å². The second kappa shape index (κ2) is 8.84. The number of rotatable bonds is 5. The van der Waals surface area contributed by atoms with Crippen molar-refractivity contribution in [1.29, 1.82) is 0 Å².